The zero-order valence-corrected chi connectivity index (χ0v) is 18.5. The molecule has 0 spiro atoms. The Morgan fingerprint density at radius 1 is 0.906 bits per heavy atom. The Morgan fingerprint density at radius 3 is 2.31 bits per heavy atom. The van der Waals surface area contributed by atoms with E-state index < -0.39 is 0 Å². The average molecular weight is 436 g/mol. The van der Waals surface area contributed by atoms with Gasteiger partial charge < -0.3 is 9.64 Å². The van der Waals surface area contributed by atoms with E-state index in [0.29, 0.717) is 17.9 Å². The highest BCUT2D eigenvalue weighted by atomic mass is 16.5. The van der Waals surface area contributed by atoms with E-state index in [-0.39, 0.29) is 24.2 Å². The Morgan fingerprint density at radius 2 is 1.59 bits per heavy atom. The molecule has 0 aliphatic carbocycles. The number of carbonyl (C=O) groups is 3. The maximum atomic E-state index is 12.8. The second-order valence-electron chi connectivity index (χ2n) is 8.27. The van der Waals surface area contributed by atoms with Gasteiger partial charge in [0.25, 0.3) is 11.8 Å². The lowest BCUT2D eigenvalue weighted by atomic mass is 10.1. The van der Waals surface area contributed by atoms with Crippen LogP contribution in [-0.2, 0) is 4.79 Å². The molecule has 2 heterocycles. The van der Waals surface area contributed by atoms with Gasteiger partial charge in [0, 0.05) is 44.0 Å². The Kier molecular flexibility index (Phi) is 6.85. The predicted molar refractivity (Wildman–Crippen MR) is 122 cm³/mol. The summed E-state index contributed by atoms with van der Waals surface area (Å²) in [5.74, 6) is 0.00643. The van der Waals surface area contributed by atoms with Crippen LogP contribution >= 0.6 is 0 Å². The van der Waals surface area contributed by atoms with E-state index in [0.717, 1.165) is 56.8 Å². The van der Waals surface area contributed by atoms with Gasteiger partial charge in [-0.2, -0.15) is 0 Å². The average Bonchev–Trinajstić information content (AvgIpc) is 2.94. The Labute approximate surface area is 188 Å². The van der Waals surface area contributed by atoms with Gasteiger partial charge >= 0.3 is 0 Å². The molecule has 2 aromatic carbocycles. The highest BCUT2D eigenvalue weighted by molar-refractivity contribution is 6.07. The molecule has 7 nitrogen and oxygen atoms in total. The molecule has 2 amide bonds. The molecule has 0 N–H and O–H groups in total. The van der Waals surface area contributed by atoms with Gasteiger partial charge in [0.1, 0.15) is 5.75 Å². The molecule has 0 bridgehead atoms. The fourth-order valence-electron chi connectivity index (χ4n) is 4.21. The monoisotopic (exact) mass is 435 g/mol. The maximum Gasteiger partial charge on any atom is 0.267 e. The number of piperazine rings is 1. The van der Waals surface area contributed by atoms with E-state index in [1.807, 2.05) is 24.3 Å². The zero-order chi connectivity index (χ0) is 22.5. The van der Waals surface area contributed by atoms with Crippen LogP contribution in [0, 0.1) is 0 Å². The SMILES string of the molecule is CC(=O)c1ccc(N2CCN(CCCCN3C(=O)COc4ccccc4C3=O)CC2)cc1. The molecule has 2 aliphatic heterocycles. The number of nitrogens with zero attached hydrogens (tertiary/aromatic N) is 3. The first-order valence-corrected chi connectivity index (χ1v) is 11.2. The van der Waals surface area contributed by atoms with Crippen LogP contribution in [0.5, 0.6) is 5.75 Å². The summed E-state index contributed by atoms with van der Waals surface area (Å²) in [6.45, 7) is 6.66. The van der Waals surface area contributed by atoms with E-state index in [1.165, 1.54) is 4.90 Å². The van der Waals surface area contributed by atoms with Crippen molar-refractivity contribution in [2.45, 2.75) is 19.8 Å². The van der Waals surface area contributed by atoms with Crippen LogP contribution in [0.2, 0.25) is 0 Å². The van der Waals surface area contributed by atoms with Crippen molar-refractivity contribution in [1.29, 1.82) is 0 Å². The van der Waals surface area contributed by atoms with Gasteiger partial charge in [0.15, 0.2) is 12.4 Å². The summed E-state index contributed by atoms with van der Waals surface area (Å²) >= 11 is 0. The summed E-state index contributed by atoms with van der Waals surface area (Å²) < 4.78 is 5.49. The van der Waals surface area contributed by atoms with Gasteiger partial charge in [-0.25, -0.2) is 0 Å². The molecule has 2 aromatic rings. The molecule has 1 saturated heterocycles. The van der Waals surface area contributed by atoms with E-state index in [4.69, 9.17) is 4.74 Å². The Balaban J connectivity index is 1.21. The summed E-state index contributed by atoms with van der Waals surface area (Å²) in [5.41, 5.74) is 2.34. The Hall–Kier alpha value is -3.19. The number of carbonyl (C=O) groups excluding carboxylic acids is 3. The van der Waals surface area contributed by atoms with Crippen molar-refractivity contribution in [2.75, 3.05) is 50.8 Å². The fourth-order valence-corrected chi connectivity index (χ4v) is 4.21. The van der Waals surface area contributed by atoms with Crippen LogP contribution in [0.15, 0.2) is 48.5 Å². The molecule has 2 aliphatic rings. The zero-order valence-electron chi connectivity index (χ0n) is 18.5. The second-order valence-corrected chi connectivity index (χ2v) is 8.27. The third-order valence-corrected chi connectivity index (χ3v) is 6.13. The number of ether oxygens (including phenoxy) is 1. The van der Waals surface area contributed by atoms with Crippen LogP contribution in [0.25, 0.3) is 0 Å². The fraction of sp³-hybridized carbons (Fsp3) is 0.400. The standard InChI is InChI=1S/C25H29N3O4/c1-19(29)20-8-10-21(11-9-20)27-16-14-26(15-17-27)12-4-5-13-28-24(30)18-32-23-7-3-2-6-22(23)25(28)31/h2-3,6-11H,4-5,12-18H2,1H3. The third-order valence-electron chi connectivity index (χ3n) is 6.13. The largest absolute Gasteiger partial charge is 0.483 e. The molecule has 0 unspecified atom stereocenters. The van der Waals surface area contributed by atoms with Crippen molar-refractivity contribution >= 4 is 23.3 Å². The number of Topliss-reactive ketones (excluding diaryl/α,β-unsaturated/α-hetero) is 1. The summed E-state index contributed by atoms with van der Waals surface area (Å²) in [6, 6.07) is 14.8. The van der Waals surface area contributed by atoms with Crippen LogP contribution in [0.3, 0.4) is 0 Å². The number of fused-ring (bicyclic) bond motifs is 1. The van der Waals surface area contributed by atoms with E-state index in [1.54, 1.807) is 31.2 Å². The smallest absolute Gasteiger partial charge is 0.267 e. The van der Waals surface area contributed by atoms with E-state index in [2.05, 4.69) is 9.80 Å². The first-order chi connectivity index (χ1) is 15.5. The van der Waals surface area contributed by atoms with Crippen LogP contribution in [-0.4, -0.2) is 73.3 Å². The minimum absolute atomic E-state index is 0.0849. The second kappa shape index (κ2) is 9.96. The third kappa shape index (κ3) is 4.99. The van der Waals surface area contributed by atoms with Crippen LogP contribution < -0.4 is 9.64 Å². The van der Waals surface area contributed by atoms with E-state index in [9.17, 15) is 14.4 Å². The summed E-state index contributed by atoms with van der Waals surface area (Å²) in [5, 5.41) is 0. The quantitative estimate of drug-likeness (QED) is 0.378. The molecular weight excluding hydrogens is 406 g/mol. The Bertz CT molecular complexity index is 981. The molecule has 7 heteroatoms. The number of imide groups is 1. The molecule has 4 rings (SSSR count). The van der Waals surface area contributed by atoms with Crippen molar-refractivity contribution in [3.05, 3.63) is 59.7 Å². The molecule has 0 radical (unpaired) electrons. The highest BCUT2D eigenvalue weighted by Gasteiger charge is 2.28. The normalized spacial score (nSPS) is 17.0. The lowest BCUT2D eigenvalue weighted by Gasteiger charge is -2.36. The van der Waals surface area contributed by atoms with Gasteiger partial charge in [0.2, 0.25) is 0 Å². The van der Waals surface area contributed by atoms with Crippen molar-refractivity contribution in [2.24, 2.45) is 0 Å². The number of para-hydroxylation sites is 1. The number of benzene rings is 2. The number of unbranched alkanes of at least 4 members (excludes halogenated alkanes) is 1. The summed E-state index contributed by atoms with van der Waals surface area (Å²) in [4.78, 5) is 42.7. The molecule has 0 saturated carbocycles. The molecule has 0 atom stereocenters. The first-order valence-electron chi connectivity index (χ1n) is 11.2. The molecule has 1 fully saturated rings. The number of hydrogen-bond donors (Lipinski definition) is 0. The van der Waals surface area contributed by atoms with Crippen molar-refractivity contribution < 1.29 is 19.1 Å². The minimum atomic E-state index is -0.282. The molecule has 168 valence electrons. The molecule has 0 aromatic heterocycles. The van der Waals surface area contributed by atoms with Gasteiger partial charge in [-0.1, -0.05) is 12.1 Å². The lowest BCUT2D eigenvalue weighted by Crippen LogP contribution is -2.46. The van der Waals surface area contributed by atoms with Gasteiger partial charge in [-0.3, -0.25) is 24.2 Å². The first kappa shape index (κ1) is 22.0. The molecular formula is C25H29N3O4. The van der Waals surface area contributed by atoms with Crippen molar-refractivity contribution in [3.63, 3.8) is 0 Å². The predicted octanol–water partition coefficient (Wildman–Crippen LogP) is 2.85. The van der Waals surface area contributed by atoms with Gasteiger partial charge in [-0.15, -0.1) is 0 Å². The number of ketones is 1. The number of amides is 2. The summed E-state index contributed by atoms with van der Waals surface area (Å²) in [6.07, 6.45) is 1.69. The highest BCUT2D eigenvalue weighted by Crippen LogP contribution is 2.23. The van der Waals surface area contributed by atoms with Crippen LogP contribution in [0.1, 0.15) is 40.5 Å². The van der Waals surface area contributed by atoms with Gasteiger partial charge in [0.05, 0.1) is 5.56 Å². The van der Waals surface area contributed by atoms with Crippen molar-refractivity contribution in [1.82, 2.24) is 9.80 Å². The van der Waals surface area contributed by atoms with Gasteiger partial charge in [-0.05, 0) is 62.7 Å². The maximum absolute atomic E-state index is 12.8. The van der Waals surface area contributed by atoms with Crippen LogP contribution in [0.4, 0.5) is 5.69 Å². The summed E-state index contributed by atoms with van der Waals surface area (Å²) in [7, 11) is 0. The minimum Gasteiger partial charge on any atom is -0.483 e. The van der Waals surface area contributed by atoms with Crippen molar-refractivity contribution in [3.8, 4) is 5.75 Å². The number of rotatable bonds is 7. The molecule has 32 heavy (non-hydrogen) atoms. The van der Waals surface area contributed by atoms with E-state index >= 15 is 0 Å². The lowest BCUT2D eigenvalue weighted by molar-refractivity contribution is -0.130. The number of anilines is 1. The topological polar surface area (TPSA) is 70.2 Å². The number of hydrogen-bond acceptors (Lipinski definition) is 6.